The second-order valence-electron chi connectivity index (χ2n) is 7.25. The Labute approximate surface area is 186 Å². The molecule has 0 bridgehead atoms. The second kappa shape index (κ2) is 10.3. The van der Waals surface area contributed by atoms with E-state index in [1.807, 2.05) is 41.8 Å². The van der Waals surface area contributed by atoms with Gasteiger partial charge in [-0.25, -0.2) is 9.97 Å². The SMILES string of the molecule is CCCOc1ccccc1Oc1ncccc1CNC(=O)C1CCCN1c1nccs1. The lowest BCUT2D eigenvalue weighted by Crippen LogP contribution is -2.43. The van der Waals surface area contributed by atoms with Gasteiger partial charge in [-0.1, -0.05) is 25.1 Å². The number of benzene rings is 1. The van der Waals surface area contributed by atoms with Crippen molar-refractivity contribution in [1.29, 1.82) is 0 Å². The zero-order valence-corrected chi connectivity index (χ0v) is 18.3. The molecule has 7 nitrogen and oxygen atoms in total. The predicted octanol–water partition coefficient (Wildman–Crippen LogP) is 4.40. The normalized spacial score (nSPS) is 15.6. The van der Waals surface area contributed by atoms with Gasteiger partial charge < -0.3 is 19.7 Å². The number of ether oxygens (including phenoxy) is 2. The molecule has 162 valence electrons. The molecule has 1 amide bonds. The molecule has 8 heteroatoms. The van der Waals surface area contributed by atoms with Crippen LogP contribution in [0.1, 0.15) is 31.7 Å². The number of hydrogen-bond donors (Lipinski definition) is 1. The molecule has 1 unspecified atom stereocenters. The van der Waals surface area contributed by atoms with E-state index in [4.69, 9.17) is 9.47 Å². The molecule has 1 N–H and O–H groups in total. The van der Waals surface area contributed by atoms with E-state index in [0.29, 0.717) is 30.5 Å². The summed E-state index contributed by atoms with van der Waals surface area (Å²) in [6.07, 6.45) is 6.16. The molecule has 1 aliphatic heterocycles. The Hall–Kier alpha value is -3.13. The van der Waals surface area contributed by atoms with Gasteiger partial charge in [0.05, 0.1) is 6.61 Å². The maximum atomic E-state index is 12.9. The lowest BCUT2D eigenvalue weighted by molar-refractivity contribution is -0.122. The molecule has 1 aliphatic rings. The predicted molar refractivity (Wildman–Crippen MR) is 121 cm³/mol. The number of hydrogen-bond acceptors (Lipinski definition) is 7. The van der Waals surface area contributed by atoms with Gasteiger partial charge in [0, 0.05) is 36.4 Å². The van der Waals surface area contributed by atoms with Crippen molar-refractivity contribution in [3.05, 3.63) is 59.7 Å². The Bertz CT molecular complexity index is 996. The Kier molecular flexibility index (Phi) is 6.99. The molecule has 2 aromatic heterocycles. The van der Waals surface area contributed by atoms with E-state index >= 15 is 0 Å². The fourth-order valence-corrected chi connectivity index (χ4v) is 4.27. The Balaban J connectivity index is 1.43. The van der Waals surface area contributed by atoms with Crippen LogP contribution >= 0.6 is 11.3 Å². The highest BCUT2D eigenvalue weighted by Crippen LogP contribution is 2.32. The number of carbonyl (C=O) groups is 1. The quantitative estimate of drug-likeness (QED) is 0.533. The van der Waals surface area contributed by atoms with Crippen molar-refractivity contribution in [1.82, 2.24) is 15.3 Å². The first-order valence-electron chi connectivity index (χ1n) is 10.5. The summed E-state index contributed by atoms with van der Waals surface area (Å²) in [7, 11) is 0. The molecule has 3 heterocycles. The molecule has 0 aliphatic carbocycles. The third kappa shape index (κ3) is 5.14. The first-order valence-corrected chi connectivity index (χ1v) is 11.4. The number of para-hydroxylation sites is 2. The molecule has 1 atom stereocenters. The molecular formula is C23H26N4O3S. The fraction of sp³-hybridized carbons (Fsp3) is 0.348. The van der Waals surface area contributed by atoms with E-state index in [1.54, 1.807) is 23.7 Å². The first-order chi connectivity index (χ1) is 15.3. The summed E-state index contributed by atoms with van der Waals surface area (Å²) in [5.41, 5.74) is 0.806. The summed E-state index contributed by atoms with van der Waals surface area (Å²) < 4.78 is 11.8. The van der Waals surface area contributed by atoms with Crippen LogP contribution in [-0.2, 0) is 11.3 Å². The summed E-state index contributed by atoms with van der Waals surface area (Å²) in [4.78, 5) is 23.7. The van der Waals surface area contributed by atoms with Gasteiger partial charge in [0.1, 0.15) is 6.04 Å². The van der Waals surface area contributed by atoms with Crippen molar-refractivity contribution in [2.45, 2.75) is 38.8 Å². The van der Waals surface area contributed by atoms with Gasteiger partial charge in [0.25, 0.3) is 0 Å². The largest absolute Gasteiger partial charge is 0.490 e. The van der Waals surface area contributed by atoms with Crippen molar-refractivity contribution in [3.63, 3.8) is 0 Å². The van der Waals surface area contributed by atoms with Crippen LogP contribution in [0.15, 0.2) is 54.2 Å². The summed E-state index contributed by atoms with van der Waals surface area (Å²) >= 11 is 1.56. The van der Waals surface area contributed by atoms with Gasteiger partial charge in [-0.15, -0.1) is 11.3 Å². The minimum absolute atomic E-state index is 0.00539. The van der Waals surface area contributed by atoms with Crippen LogP contribution in [0.5, 0.6) is 17.4 Å². The topological polar surface area (TPSA) is 76.6 Å². The molecule has 1 saturated heterocycles. The molecule has 0 radical (unpaired) electrons. The molecule has 1 fully saturated rings. The van der Waals surface area contributed by atoms with Gasteiger partial charge >= 0.3 is 0 Å². The zero-order valence-electron chi connectivity index (χ0n) is 17.5. The van der Waals surface area contributed by atoms with Gasteiger partial charge in [-0.2, -0.15) is 0 Å². The third-order valence-electron chi connectivity index (χ3n) is 5.04. The number of carbonyl (C=O) groups excluding carboxylic acids is 1. The molecule has 0 spiro atoms. The van der Waals surface area contributed by atoms with Crippen molar-refractivity contribution in [3.8, 4) is 17.4 Å². The molecule has 1 aromatic carbocycles. The van der Waals surface area contributed by atoms with Crippen LogP contribution in [0.4, 0.5) is 5.13 Å². The standard InChI is InChI=1S/C23H26N4O3S/c1-2-14-29-19-9-3-4-10-20(19)30-22-17(7-5-11-24-22)16-26-21(28)18-8-6-13-27(18)23-25-12-15-31-23/h3-5,7,9-12,15,18H,2,6,8,13-14,16H2,1H3,(H,26,28). The number of rotatable bonds is 9. The van der Waals surface area contributed by atoms with E-state index in [9.17, 15) is 4.79 Å². The average molecular weight is 439 g/mol. The highest BCUT2D eigenvalue weighted by atomic mass is 32.1. The lowest BCUT2D eigenvalue weighted by atomic mass is 10.2. The van der Waals surface area contributed by atoms with Crippen LogP contribution in [0.2, 0.25) is 0 Å². The summed E-state index contributed by atoms with van der Waals surface area (Å²) in [5.74, 6) is 1.73. The van der Waals surface area contributed by atoms with Crippen LogP contribution in [0.25, 0.3) is 0 Å². The van der Waals surface area contributed by atoms with E-state index in [1.165, 1.54) is 0 Å². The van der Waals surface area contributed by atoms with Crippen molar-refractivity contribution in [2.75, 3.05) is 18.1 Å². The Morgan fingerprint density at radius 2 is 2.06 bits per heavy atom. The van der Waals surface area contributed by atoms with E-state index in [-0.39, 0.29) is 11.9 Å². The lowest BCUT2D eigenvalue weighted by Gasteiger charge is -2.23. The number of nitrogens with one attached hydrogen (secondary N) is 1. The van der Waals surface area contributed by atoms with Crippen LogP contribution in [-0.4, -0.2) is 35.1 Å². The first kappa shape index (κ1) is 21.1. The minimum atomic E-state index is -0.199. The molecule has 31 heavy (non-hydrogen) atoms. The summed E-state index contributed by atoms with van der Waals surface area (Å²) in [6.45, 7) is 3.86. The number of anilines is 1. The Morgan fingerprint density at radius 3 is 2.87 bits per heavy atom. The number of thiazole rings is 1. The molecule has 3 aromatic rings. The van der Waals surface area contributed by atoms with Crippen LogP contribution in [0, 0.1) is 0 Å². The van der Waals surface area contributed by atoms with E-state index in [2.05, 4.69) is 27.1 Å². The van der Waals surface area contributed by atoms with Crippen molar-refractivity contribution in [2.24, 2.45) is 0 Å². The number of nitrogens with zero attached hydrogens (tertiary/aromatic N) is 3. The number of aromatic nitrogens is 2. The average Bonchev–Trinajstić information content (AvgIpc) is 3.49. The maximum absolute atomic E-state index is 12.9. The smallest absolute Gasteiger partial charge is 0.243 e. The van der Waals surface area contributed by atoms with Crippen molar-refractivity contribution < 1.29 is 14.3 Å². The third-order valence-corrected chi connectivity index (χ3v) is 5.85. The number of amides is 1. The van der Waals surface area contributed by atoms with Crippen molar-refractivity contribution >= 4 is 22.4 Å². The van der Waals surface area contributed by atoms with Gasteiger partial charge in [-0.3, -0.25) is 4.79 Å². The highest BCUT2D eigenvalue weighted by molar-refractivity contribution is 7.13. The zero-order chi connectivity index (χ0) is 21.5. The van der Waals surface area contributed by atoms with Gasteiger partial charge in [-0.05, 0) is 37.5 Å². The van der Waals surface area contributed by atoms with Gasteiger partial charge in [0.15, 0.2) is 16.6 Å². The van der Waals surface area contributed by atoms with Crippen LogP contribution in [0.3, 0.4) is 0 Å². The second-order valence-corrected chi connectivity index (χ2v) is 8.12. The summed E-state index contributed by atoms with van der Waals surface area (Å²) in [6, 6.07) is 11.1. The van der Waals surface area contributed by atoms with Crippen LogP contribution < -0.4 is 19.7 Å². The maximum Gasteiger partial charge on any atom is 0.243 e. The van der Waals surface area contributed by atoms with E-state index in [0.717, 1.165) is 36.5 Å². The number of pyridine rings is 1. The fourth-order valence-electron chi connectivity index (χ4n) is 3.55. The summed E-state index contributed by atoms with van der Waals surface area (Å²) in [5, 5.41) is 5.88. The molecular weight excluding hydrogens is 412 g/mol. The highest BCUT2D eigenvalue weighted by Gasteiger charge is 2.32. The monoisotopic (exact) mass is 438 g/mol. The minimum Gasteiger partial charge on any atom is -0.490 e. The van der Waals surface area contributed by atoms with Gasteiger partial charge in [0.2, 0.25) is 11.8 Å². The Morgan fingerprint density at radius 1 is 1.19 bits per heavy atom. The van der Waals surface area contributed by atoms with E-state index < -0.39 is 0 Å². The molecule has 0 saturated carbocycles. The molecule has 4 rings (SSSR count).